The number of benzene rings is 1. The normalized spacial score (nSPS) is 13.9. The lowest BCUT2D eigenvalue weighted by molar-refractivity contribution is 0.0697. The molecule has 7 heteroatoms. The van der Waals surface area contributed by atoms with Crippen molar-refractivity contribution in [1.82, 2.24) is 15.3 Å². The highest BCUT2D eigenvalue weighted by Gasteiger charge is 2.32. The Hall–Kier alpha value is -2.48. The summed E-state index contributed by atoms with van der Waals surface area (Å²) in [6, 6.07) is 12.9. The van der Waals surface area contributed by atoms with E-state index in [0.717, 1.165) is 47.6 Å². The largest absolute Gasteiger partial charge is 0.478 e. The van der Waals surface area contributed by atoms with Gasteiger partial charge in [-0.3, -0.25) is 4.98 Å². The van der Waals surface area contributed by atoms with Crippen molar-refractivity contribution in [1.29, 1.82) is 0 Å². The molecule has 0 amide bonds. The van der Waals surface area contributed by atoms with Gasteiger partial charge in [-0.15, -0.1) is 0 Å². The summed E-state index contributed by atoms with van der Waals surface area (Å²) >= 11 is 0. The van der Waals surface area contributed by atoms with Crippen LogP contribution >= 0.6 is 0 Å². The Morgan fingerprint density at radius 1 is 1.22 bits per heavy atom. The minimum atomic E-state index is -1.77. The molecule has 32 heavy (non-hydrogen) atoms. The fraction of sp³-hybridized carbons (Fsp3) is 0.440. The maximum absolute atomic E-state index is 11.2. The zero-order valence-electron chi connectivity index (χ0n) is 19.5. The second kappa shape index (κ2) is 10.9. The average Bonchev–Trinajstić information content (AvgIpc) is 3.22. The molecule has 0 aliphatic carbocycles. The van der Waals surface area contributed by atoms with Crippen LogP contribution in [0, 0.1) is 0 Å². The van der Waals surface area contributed by atoms with E-state index in [2.05, 4.69) is 49.0 Å². The molecule has 0 saturated heterocycles. The Morgan fingerprint density at radius 3 is 2.59 bits per heavy atom. The Kier molecular flexibility index (Phi) is 8.23. The van der Waals surface area contributed by atoms with Gasteiger partial charge in [0.05, 0.1) is 11.7 Å². The highest BCUT2D eigenvalue weighted by Crippen LogP contribution is 2.29. The summed E-state index contributed by atoms with van der Waals surface area (Å²) in [5, 5.41) is 13.9. The molecule has 2 aromatic heterocycles. The molecule has 3 N–H and O–H groups in total. The molecule has 3 rings (SSSR count). The predicted molar refractivity (Wildman–Crippen MR) is 132 cm³/mol. The minimum absolute atomic E-state index is 0.0150. The minimum Gasteiger partial charge on any atom is -0.478 e. The summed E-state index contributed by atoms with van der Waals surface area (Å²) in [7, 11) is -1.77. The van der Waals surface area contributed by atoms with Gasteiger partial charge in [0.2, 0.25) is 0 Å². The number of carboxylic acid groups (broad SMARTS) is 1. The van der Waals surface area contributed by atoms with Gasteiger partial charge in [0, 0.05) is 42.1 Å². The van der Waals surface area contributed by atoms with Crippen molar-refractivity contribution in [3.63, 3.8) is 0 Å². The van der Waals surface area contributed by atoms with Crippen LogP contribution in [0.5, 0.6) is 0 Å². The number of H-pyrrole nitrogens is 1. The van der Waals surface area contributed by atoms with Gasteiger partial charge in [0.25, 0.3) is 0 Å². The van der Waals surface area contributed by atoms with Crippen LogP contribution in [-0.2, 0) is 10.8 Å². The van der Waals surface area contributed by atoms with Crippen LogP contribution in [0.1, 0.15) is 55.3 Å². The molecule has 172 valence electrons. The standard InChI is InChI=1S/C25H35N3O3Si/c1-5-32(6-2,7-3)31-24(20-9-8-12-26-15-20)17-27-18(4)13-21-16-28-23-14-19(25(29)30)10-11-22(21)23/h8-12,14-16,18,24,27-28H,5-7,13,17H2,1-4H3,(H,29,30). The highest BCUT2D eigenvalue weighted by molar-refractivity contribution is 6.73. The van der Waals surface area contributed by atoms with Crippen molar-refractivity contribution < 1.29 is 14.3 Å². The highest BCUT2D eigenvalue weighted by atomic mass is 28.4. The molecule has 2 unspecified atom stereocenters. The quantitative estimate of drug-likeness (QED) is 0.313. The van der Waals surface area contributed by atoms with Crippen molar-refractivity contribution >= 4 is 25.2 Å². The van der Waals surface area contributed by atoms with Crippen LogP contribution in [0.15, 0.2) is 48.9 Å². The third kappa shape index (κ3) is 5.65. The van der Waals surface area contributed by atoms with Gasteiger partial charge in [-0.25, -0.2) is 4.79 Å². The van der Waals surface area contributed by atoms with E-state index in [-0.39, 0.29) is 12.1 Å². The van der Waals surface area contributed by atoms with Gasteiger partial charge in [-0.05, 0) is 60.8 Å². The third-order valence-electron chi connectivity index (χ3n) is 6.57. The fourth-order valence-corrected chi connectivity index (χ4v) is 7.12. The van der Waals surface area contributed by atoms with E-state index in [0.29, 0.717) is 5.56 Å². The first-order valence-electron chi connectivity index (χ1n) is 11.6. The topological polar surface area (TPSA) is 87.2 Å². The Labute approximate surface area is 191 Å². The summed E-state index contributed by atoms with van der Waals surface area (Å²) in [4.78, 5) is 18.8. The molecule has 0 fully saturated rings. The smallest absolute Gasteiger partial charge is 0.335 e. The van der Waals surface area contributed by atoms with Crippen molar-refractivity contribution in [2.45, 2.75) is 64.4 Å². The van der Waals surface area contributed by atoms with Gasteiger partial charge < -0.3 is 19.8 Å². The summed E-state index contributed by atoms with van der Waals surface area (Å²) in [6.07, 6.45) is 6.51. The molecular weight excluding hydrogens is 418 g/mol. The Morgan fingerprint density at radius 2 is 1.97 bits per heavy atom. The number of carbonyl (C=O) groups is 1. The van der Waals surface area contributed by atoms with E-state index in [9.17, 15) is 9.90 Å². The van der Waals surface area contributed by atoms with Crippen molar-refractivity contribution in [2.24, 2.45) is 0 Å². The third-order valence-corrected chi connectivity index (χ3v) is 11.2. The van der Waals surface area contributed by atoms with E-state index < -0.39 is 14.3 Å². The van der Waals surface area contributed by atoms with E-state index >= 15 is 0 Å². The predicted octanol–water partition coefficient (Wildman–Crippen LogP) is 5.54. The fourth-order valence-electron chi connectivity index (χ4n) is 4.29. The number of carboxylic acids is 1. The summed E-state index contributed by atoms with van der Waals surface area (Å²) in [6.45, 7) is 9.66. The van der Waals surface area contributed by atoms with Crippen LogP contribution < -0.4 is 5.32 Å². The van der Waals surface area contributed by atoms with Crippen molar-refractivity contribution in [3.8, 4) is 0 Å². The first kappa shape index (κ1) is 24.2. The number of hydrogen-bond donors (Lipinski definition) is 3. The molecule has 2 heterocycles. The van der Waals surface area contributed by atoms with Crippen LogP contribution in [0.3, 0.4) is 0 Å². The van der Waals surface area contributed by atoms with Gasteiger partial charge in [0.15, 0.2) is 8.32 Å². The number of aromatic amines is 1. The van der Waals surface area contributed by atoms with Crippen LogP contribution in [0.2, 0.25) is 18.1 Å². The lowest BCUT2D eigenvalue weighted by atomic mass is 10.0. The van der Waals surface area contributed by atoms with Gasteiger partial charge in [-0.2, -0.15) is 0 Å². The average molecular weight is 454 g/mol. The van der Waals surface area contributed by atoms with E-state index in [1.165, 1.54) is 5.56 Å². The van der Waals surface area contributed by atoms with Gasteiger partial charge in [0.1, 0.15) is 0 Å². The van der Waals surface area contributed by atoms with Crippen molar-refractivity contribution in [2.75, 3.05) is 6.54 Å². The lowest BCUT2D eigenvalue weighted by Gasteiger charge is -2.34. The summed E-state index contributed by atoms with van der Waals surface area (Å²) in [5.74, 6) is -0.912. The number of rotatable bonds is 12. The number of nitrogens with one attached hydrogen (secondary N) is 2. The second-order valence-electron chi connectivity index (χ2n) is 8.53. The number of hydrogen-bond acceptors (Lipinski definition) is 4. The number of aromatic nitrogens is 2. The van der Waals surface area contributed by atoms with E-state index in [1.807, 2.05) is 24.5 Å². The monoisotopic (exact) mass is 453 g/mol. The first-order chi connectivity index (χ1) is 15.4. The lowest BCUT2D eigenvalue weighted by Crippen LogP contribution is -2.41. The number of nitrogens with zero attached hydrogens (tertiary/aromatic N) is 1. The summed E-state index contributed by atoms with van der Waals surface area (Å²) in [5.41, 5.74) is 3.44. The zero-order chi connectivity index (χ0) is 23.1. The van der Waals surface area contributed by atoms with Crippen LogP contribution in [0.4, 0.5) is 0 Å². The van der Waals surface area contributed by atoms with Gasteiger partial charge in [-0.1, -0.05) is 32.9 Å². The van der Waals surface area contributed by atoms with E-state index in [4.69, 9.17) is 4.43 Å². The second-order valence-corrected chi connectivity index (χ2v) is 13.3. The molecule has 0 saturated carbocycles. The number of aromatic carboxylic acids is 1. The van der Waals surface area contributed by atoms with Crippen LogP contribution in [0.25, 0.3) is 10.9 Å². The number of pyridine rings is 1. The molecule has 3 aromatic rings. The SMILES string of the molecule is CC[Si](CC)(CC)OC(CNC(C)Cc1c[nH]c2cc(C(=O)O)ccc12)c1cccnc1. The first-order valence-corrected chi connectivity index (χ1v) is 14.1. The molecule has 2 atom stereocenters. The van der Waals surface area contributed by atoms with Gasteiger partial charge >= 0.3 is 5.97 Å². The molecule has 0 radical (unpaired) electrons. The molecule has 0 aliphatic heterocycles. The number of fused-ring (bicyclic) bond motifs is 1. The summed E-state index contributed by atoms with van der Waals surface area (Å²) < 4.78 is 6.84. The van der Waals surface area contributed by atoms with Crippen LogP contribution in [-0.4, -0.2) is 41.9 Å². The Balaban J connectivity index is 1.70. The molecule has 6 nitrogen and oxygen atoms in total. The molecule has 0 spiro atoms. The maximum Gasteiger partial charge on any atom is 0.335 e. The molecular formula is C25H35N3O3Si. The molecule has 0 bridgehead atoms. The maximum atomic E-state index is 11.2. The van der Waals surface area contributed by atoms with Crippen molar-refractivity contribution in [3.05, 3.63) is 65.6 Å². The zero-order valence-corrected chi connectivity index (χ0v) is 20.5. The Bertz CT molecular complexity index is 1010. The molecule has 1 aromatic carbocycles. The molecule has 0 aliphatic rings. The van der Waals surface area contributed by atoms with E-state index in [1.54, 1.807) is 18.3 Å².